The lowest BCUT2D eigenvalue weighted by atomic mass is 10.3. The summed E-state index contributed by atoms with van der Waals surface area (Å²) in [6.07, 6.45) is 6.63. The summed E-state index contributed by atoms with van der Waals surface area (Å²) in [6.45, 7) is 4.17. The summed E-state index contributed by atoms with van der Waals surface area (Å²) >= 11 is 5.32. The second kappa shape index (κ2) is 6.91. The predicted molar refractivity (Wildman–Crippen MR) is 92.9 cm³/mol. The minimum absolute atomic E-state index is 0.364. The van der Waals surface area contributed by atoms with E-state index in [-0.39, 0.29) is 0 Å². The van der Waals surface area contributed by atoms with Gasteiger partial charge in [0, 0.05) is 38.1 Å². The fourth-order valence-electron chi connectivity index (χ4n) is 2.89. The van der Waals surface area contributed by atoms with Gasteiger partial charge in [0.05, 0.1) is 0 Å². The van der Waals surface area contributed by atoms with Gasteiger partial charge in [-0.25, -0.2) is 0 Å². The highest BCUT2D eigenvalue weighted by atomic mass is 32.1. The maximum absolute atomic E-state index is 6.04. The van der Waals surface area contributed by atoms with E-state index >= 15 is 0 Å². The van der Waals surface area contributed by atoms with Crippen LogP contribution in [0.15, 0.2) is 23.4 Å². The lowest BCUT2D eigenvalue weighted by molar-refractivity contribution is 0.509. The Kier molecular flexibility index (Phi) is 4.72. The molecule has 0 radical (unpaired) electrons. The van der Waals surface area contributed by atoms with Crippen molar-refractivity contribution in [3.8, 4) is 0 Å². The van der Waals surface area contributed by atoms with Gasteiger partial charge in [0.25, 0.3) is 0 Å². The molecule has 2 aliphatic rings. The predicted octanol–water partition coefficient (Wildman–Crippen LogP) is 1.27. The number of pyridine rings is 1. The van der Waals surface area contributed by atoms with E-state index in [9.17, 15) is 0 Å². The molecular weight excluding hydrogens is 296 g/mol. The number of hydrogen-bond donors (Lipinski definition) is 2. The summed E-state index contributed by atoms with van der Waals surface area (Å²) in [5.74, 6) is 0.364. The summed E-state index contributed by atoms with van der Waals surface area (Å²) in [6, 6.07) is 4.01. The van der Waals surface area contributed by atoms with Crippen LogP contribution in [0.5, 0.6) is 0 Å². The van der Waals surface area contributed by atoms with Crippen LogP contribution < -0.4 is 16.1 Å². The zero-order chi connectivity index (χ0) is 15.4. The third-order valence-electron chi connectivity index (χ3n) is 4.14. The minimum Gasteiger partial charge on any atom is -0.380 e. The number of thiocarbonyl (C=S) groups is 1. The fourth-order valence-corrected chi connectivity index (χ4v) is 3.12. The smallest absolute Gasteiger partial charge is 0.189 e. The molecule has 0 aromatic carbocycles. The number of hydrogen-bond acceptors (Lipinski definition) is 4. The number of nitrogens with two attached hydrogens (primary N) is 1. The van der Waals surface area contributed by atoms with Crippen LogP contribution in [0.1, 0.15) is 31.4 Å². The molecule has 2 saturated heterocycles. The Morgan fingerprint density at radius 2 is 1.86 bits per heavy atom. The molecule has 1 aromatic heterocycles. The van der Waals surface area contributed by atoms with Crippen LogP contribution in [0.4, 0.5) is 5.69 Å². The molecule has 3 N–H and O–H groups in total. The monoisotopic (exact) mass is 318 g/mol. The third kappa shape index (κ3) is 3.47. The van der Waals surface area contributed by atoms with Crippen LogP contribution in [0, 0.1) is 0 Å². The number of nitrogens with zero attached hydrogens (tertiary/aromatic N) is 4. The zero-order valence-corrected chi connectivity index (χ0v) is 13.5. The highest BCUT2D eigenvalue weighted by Crippen LogP contribution is 2.19. The quantitative estimate of drug-likeness (QED) is 0.379. The second-order valence-electron chi connectivity index (χ2n) is 5.70. The Morgan fingerprint density at radius 3 is 2.59 bits per heavy atom. The number of hydrazone groups is 1. The Hall–Kier alpha value is -1.89. The Bertz CT molecular complexity index is 561. The topological polar surface area (TPSA) is 69.8 Å². The van der Waals surface area contributed by atoms with Crippen LogP contribution in [-0.2, 0) is 0 Å². The van der Waals surface area contributed by atoms with Gasteiger partial charge in [-0.15, -0.1) is 0 Å². The standard InChI is InChI=1S/C15H22N6S/c16-14(18-19-15(22)21-9-3-4-10-21)13-11-12(5-6-17-13)20-7-1-2-8-20/h5-6,11H,1-4,7-10H2,(H2,16,18)(H,19,22). The number of anilines is 1. The first kappa shape index (κ1) is 15.0. The van der Waals surface area contributed by atoms with Gasteiger partial charge in [-0.05, 0) is 50.0 Å². The average Bonchev–Trinajstić information content (AvgIpc) is 3.25. The fraction of sp³-hybridized carbons (Fsp3) is 0.533. The molecular formula is C15H22N6S. The average molecular weight is 318 g/mol. The summed E-state index contributed by atoms with van der Waals surface area (Å²) in [5, 5.41) is 4.82. The maximum Gasteiger partial charge on any atom is 0.189 e. The number of likely N-dealkylation sites (tertiary alicyclic amines) is 1. The van der Waals surface area contributed by atoms with Gasteiger partial charge in [-0.1, -0.05) is 0 Å². The molecule has 0 amide bonds. The minimum atomic E-state index is 0.364. The van der Waals surface area contributed by atoms with Crippen molar-refractivity contribution in [2.75, 3.05) is 31.1 Å². The van der Waals surface area contributed by atoms with E-state index in [2.05, 4.69) is 25.3 Å². The summed E-state index contributed by atoms with van der Waals surface area (Å²) in [7, 11) is 0. The molecule has 2 fully saturated rings. The lowest BCUT2D eigenvalue weighted by Gasteiger charge is -2.18. The molecule has 3 heterocycles. The Morgan fingerprint density at radius 1 is 1.18 bits per heavy atom. The second-order valence-corrected chi connectivity index (χ2v) is 6.09. The van der Waals surface area contributed by atoms with E-state index in [0.717, 1.165) is 31.9 Å². The van der Waals surface area contributed by atoms with Crippen LogP contribution in [0.25, 0.3) is 0 Å². The molecule has 2 aliphatic heterocycles. The maximum atomic E-state index is 6.04. The van der Waals surface area contributed by atoms with E-state index in [0.29, 0.717) is 16.6 Å². The summed E-state index contributed by atoms with van der Waals surface area (Å²) in [5.41, 5.74) is 10.8. The number of amidine groups is 1. The van der Waals surface area contributed by atoms with Crippen molar-refractivity contribution in [3.63, 3.8) is 0 Å². The Labute approximate surface area is 136 Å². The zero-order valence-electron chi connectivity index (χ0n) is 12.7. The first-order chi connectivity index (χ1) is 10.7. The first-order valence-corrected chi connectivity index (χ1v) is 8.24. The Balaban J connectivity index is 1.65. The van der Waals surface area contributed by atoms with Crippen molar-refractivity contribution < 1.29 is 0 Å². The molecule has 0 aliphatic carbocycles. The van der Waals surface area contributed by atoms with E-state index in [1.165, 1.54) is 25.7 Å². The van der Waals surface area contributed by atoms with Gasteiger partial charge in [-0.3, -0.25) is 10.4 Å². The molecule has 6 nitrogen and oxygen atoms in total. The van der Waals surface area contributed by atoms with Crippen molar-refractivity contribution in [1.29, 1.82) is 0 Å². The molecule has 1 aromatic rings. The molecule has 0 spiro atoms. The van der Waals surface area contributed by atoms with Crippen LogP contribution in [-0.4, -0.2) is 47.0 Å². The largest absolute Gasteiger partial charge is 0.380 e. The highest BCUT2D eigenvalue weighted by Gasteiger charge is 2.15. The van der Waals surface area contributed by atoms with Crippen LogP contribution in [0.2, 0.25) is 0 Å². The molecule has 7 heteroatoms. The summed E-state index contributed by atoms with van der Waals surface area (Å²) in [4.78, 5) is 8.77. The van der Waals surface area contributed by atoms with Gasteiger partial charge in [0.1, 0.15) is 5.69 Å². The summed E-state index contributed by atoms with van der Waals surface area (Å²) < 4.78 is 0. The van der Waals surface area contributed by atoms with Crippen molar-refractivity contribution in [3.05, 3.63) is 24.0 Å². The van der Waals surface area contributed by atoms with E-state index in [4.69, 9.17) is 18.0 Å². The molecule has 0 saturated carbocycles. The van der Waals surface area contributed by atoms with Crippen LogP contribution in [0.3, 0.4) is 0 Å². The van der Waals surface area contributed by atoms with Gasteiger partial charge in [0.2, 0.25) is 0 Å². The van der Waals surface area contributed by atoms with Gasteiger partial charge >= 0.3 is 0 Å². The molecule has 0 unspecified atom stereocenters. The van der Waals surface area contributed by atoms with E-state index < -0.39 is 0 Å². The number of aromatic nitrogens is 1. The van der Waals surface area contributed by atoms with Crippen molar-refractivity contribution >= 4 is 28.9 Å². The number of nitrogens with one attached hydrogen (secondary N) is 1. The van der Waals surface area contributed by atoms with Crippen molar-refractivity contribution in [2.24, 2.45) is 10.8 Å². The number of rotatable bonds is 3. The molecule has 118 valence electrons. The van der Waals surface area contributed by atoms with Crippen LogP contribution >= 0.6 is 12.2 Å². The highest BCUT2D eigenvalue weighted by molar-refractivity contribution is 7.80. The van der Waals surface area contributed by atoms with Crippen molar-refractivity contribution in [1.82, 2.24) is 15.3 Å². The van der Waals surface area contributed by atoms with E-state index in [1.807, 2.05) is 12.1 Å². The van der Waals surface area contributed by atoms with Gasteiger partial charge in [-0.2, -0.15) is 5.10 Å². The normalized spacial score (nSPS) is 18.8. The third-order valence-corrected chi connectivity index (χ3v) is 4.49. The molecule has 0 bridgehead atoms. The molecule has 0 atom stereocenters. The lowest BCUT2D eigenvalue weighted by Crippen LogP contribution is -2.36. The van der Waals surface area contributed by atoms with Crippen molar-refractivity contribution in [2.45, 2.75) is 25.7 Å². The first-order valence-electron chi connectivity index (χ1n) is 7.83. The van der Waals surface area contributed by atoms with Gasteiger partial charge in [0.15, 0.2) is 10.9 Å². The van der Waals surface area contributed by atoms with E-state index in [1.54, 1.807) is 6.20 Å². The van der Waals surface area contributed by atoms with Gasteiger partial charge < -0.3 is 15.5 Å². The SMILES string of the molecule is N/C(=N\NC(=S)N1CCCC1)c1cc(N2CCCC2)ccn1. The molecule has 3 rings (SSSR count). The molecule has 22 heavy (non-hydrogen) atoms.